The van der Waals surface area contributed by atoms with Gasteiger partial charge < -0.3 is 9.47 Å². The summed E-state index contributed by atoms with van der Waals surface area (Å²) < 4.78 is 51.6. The van der Waals surface area contributed by atoms with Crippen molar-refractivity contribution in [3.8, 4) is 11.5 Å². The van der Waals surface area contributed by atoms with Crippen LogP contribution in [0.2, 0.25) is 0 Å². The molecule has 2 aromatic carbocycles. The zero-order chi connectivity index (χ0) is 16.7. The molecule has 1 aliphatic heterocycles. The molecule has 0 amide bonds. The first-order chi connectivity index (χ1) is 11.5. The van der Waals surface area contributed by atoms with Gasteiger partial charge in [-0.25, -0.2) is 17.5 Å². The maximum absolute atomic E-state index is 13.0. The van der Waals surface area contributed by atoms with Gasteiger partial charge in [-0.15, -0.1) is 0 Å². The summed E-state index contributed by atoms with van der Waals surface area (Å²) in [5, 5.41) is 0. The fourth-order valence-electron chi connectivity index (χ4n) is 2.86. The molecule has 0 radical (unpaired) electrons. The third-order valence-corrected chi connectivity index (χ3v) is 5.71. The normalized spacial score (nSPS) is 22.2. The van der Waals surface area contributed by atoms with Gasteiger partial charge in [0.05, 0.1) is 4.90 Å². The third-order valence-electron chi connectivity index (χ3n) is 4.22. The van der Waals surface area contributed by atoms with E-state index in [1.54, 1.807) is 18.2 Å². The Labute approximate surface area is 139 Å². The molecule has 0 bridgehead atoms. The zero-order valence-electron chi connectivity index (χ0n) is 12.7. The molecule has 7 heteroatoms. The van der Waals surface area contributed by atoms with Gasteiger partial charge in [-0.2, -0.15) is 0 Å². The second-order valence-corrected chi connectivity index (χ2v) is 7.64. The van der Waals surface area contributed by atoms with Crippen LogP contribution < -0.4 is 14.2 Å². The van der Waals surface area contributed by atoms with E-state index in [4.69, 9.17) is 9.47 Å². The molecule has 0 spiro atoms. The van der Waals surface area contributed by atoms with Crippen LogP contribution in [0.5, 0.6) is 11.5 Å². The van der Waals surface area contributed by atoms with E-state index in [0.717, 1.165) is 5.56 Å². The van der Waals surface area contributed by atoms with E-state index < -0.39 is 10.0 Å². The predicted octanol–water partition coefficient (Wildman–Crippen LogP) is 2.43. The van der Waals surface area contributed by atoms with Crippen molar-refractivity contribution in [3.63, 3.8) is 0 Å². The Kier molecular flexibility index (Phi) is 3.69. The first-order valence-electron chi connectivity index (χ1n) is 7.70. The van der Waals surface area contributed by atoms with Gasteiger partial charge in [-0.1, -0.05) is 12.1 Å². The summed E-state index contributed by atoms with van der Waals surface area (Å²) in [5.74, 6) is 0.774. The van der Waals surface area contributed by atoms with Crippen molar-refractivity contribution in [2.75, 3.05) is 13.2 Å². The standard InChI is InChI=1S/C17H16FNO4S/c18-12-3-1-11(2-4-12)14-10-15(14)19-24(20,21)13-5-6-16-17(9-13)23-8-7-22-16/h1-6,9,14-15,19H,7-8,10H2/t14-,15-/m0/s1. The van der Waals surface area contributed by atoms with Crippen molar-refractivity contribution >= 4 is 10.0 Å². The lowest BCUT2D eigenvalue weighted by molar-refractivity contribution is 0.171. The highest BCUT2D eigenvalue weighted by Crippen LogP contribution is 2.42. The molecular weight excluding hydrogens is 333 g/mol. The fourth-order valence-corrected chi connectivity index (χ4v) is 4.17. The van der Waals surface area contributed by atoms with Gasteiger partial charge in [0.2, 0.25) is 10.0 Å². The molecular formula is C17H16FNO4S. The molecule has 5 nitrogen and oxygen atoms in total. The molecule has 24 heavy (non-hydrogen) atoms. The van der Waals surface area contributed by atoms with Crippen molar-refractivity contribution in [1.82, 2.24) is 4.72 Å². The highest BCUT2D eigenvalue weighted by molar-refractivity contribution is 7.89. The van der Waals surface area contributed by atoms with Crippen LogP contribution in [0.4, 0.5) is 4.39 Å². The second kappa shape index (κ2) is 5.75. The summed E-state index contributed by atoms with van der Waals surface area (Å²) in [6, 6.07) is 10.6. The van der Waals surface area contributed by atoms with Crippen LogP contribution in [0.3, 0.4) is 0 Å². The highest BCUT2D eigenvalue weighted by Gasteiger charge is 2.41. The van der Waals surface area contributed by atoms with Crippen molar-refractivity contribution in [2.24, 2.45) is 0 Å². The Morgan fingerprint density at radius 1 is 1.00 bits per heavy atom. The van der Waals surface area contributed by atoms with E-state index in [1.807, 2.05) is 0 Å². The number of hydrogen-bond acceptors (Lipinski definition) is 4. The molecule has 1 N–H and O–H groups in total. The van der Waals surface area contributed by atoms with Crippen LogP contribution in [-0.2, 0) is 10.0 Å². The van der Waals surface area contributed by atoms with Crippen LogP contribution in [0, 0.1) is 5.82 Å². The monoisotopic (exact) mass is 349 g/mol. The topological polar surface area (TPSA) is 64.6 Å². The third kappa shape index (κ3) is 2.97. The molecule has 126 valence electrons. The maximum atomic E-state index is 13.0. The molecule has 1 aliphatic carbocycles. The molecule has 4 rings (SSSR count). The minimum absolute atomic E-state index is 0.0811. The van der Waals surface area contributed by atoms with Crippen LogP contribution in [0.1, 0.15) is 17.9 Å². The average Bonchev–Trinajstić information content (AvgIpc) is 3.33. The first kappa shape index (κ1) is 15.4. The summed E-state index contributed by atoms with van der Waals surface area (Å²) in [7, 11) is -3.64. The minimum atomic E-state index is -3.64. The van der Waals surface area contributed by atoms with Gasteiger partial charge >= 0.3 is 0 Å². The number of benzene rings is 2. The van der Waals surface area contributed by atoms with Crippen LogP contribution >= 0.6 is 0 Å². The molecule has 0 aromatic heterocycles. The van der Waals surface area contributed by atoms with Gasteiger partial charge in [0, 0.05) is 18.0 Å². The fraction of sp³-hybridized carbons (Fsp3) is 0.294. The van der Waals surface area contributed by atoms with E-state index in [2.05, 4.69) is 4.72 Å². The van der Waals surface area contributed by atoms with E-state index in [0.29, 0.717) is 31.1 Å². The van der Waals surface area contributed by atoms with Gasteiger partial charge in [-0.05, 0) is 36.2 Å². The molecule has 1 fully saturated rings. The molecule has 2 aromatic rings. The van der Waals surface area contributed by atoms with Crippen molar-refractivity contribution < 1.29 is 22.3 Å². The lowest BCUT2D eigenvalue weighted by atomic mass is 10.1. The number of ether oxygens (including phenoxy) is 2. The Balaban J connectivity index is 1.49. The summed E-state index contributed by atoms with van der Waals surface area (Å²) in [5.41, 5.74) is 0.936. The Bertz CT molecular complexity index is 867. The van der Waals surface area contributed by atoms with Gasteiger partial charge in [0.15, 0.2) is 11.5 Å². The van der Waals surface area contributed by atoms with Crippen LogP contribution in [-0.4, -0.2) is 27.7 Å². The lowest BCUT2D eigenvalue weighted by Crippen LogP contribution is -2.27. The smallest absolute Gasteiger partial charge is 0.240 e. The number of fused-ring (bicyclic) bond motifs is 1. The number of halogens is 1. The Morgan fingerprint density at radius 3 is 2.46 bits per heavy atom. The van der Waals surface area contributed by atoms with Gasteiger partial charge in [-0.3, -0.25) is 0 Å². The van der Waals surface area contributed by atoms with Gasteiger partial charge in [0.25, 0.3) is 0 Å². The number of nitrogens with one attached hydrogen (secondary N) is 1. The molecule has 2 atom stereocenters. The molecule has 1 heterocycles. The van der Waals surface area contributed by atoms with E-state index in [9.17, 15) is 12.8 Å². The summed E-state index contributed by atoms with van der Waals surface area (Å²) in [6.45, 7) is 0.859. The van der Waals surface area contributed by atoms with Crippen LogP contribution in [0.25, 0.3) is 0 Å². The number of hydrogen-bond donors (Lipinski definition) is 1. The van der Waals surface area contributed by atoms with Crippen molar-refractivity contribution in [1.29, 1.82) is 0 Å². The zero-order valence-corrected chi connectivity index (χ0v) is 13.6. The largest absolute Gasteiger partial charge is 0.486 e. The molecule has 0 saturated heterocycles. The summed E-state index contributed by atoms with van der Waals surface area (Å²) in [4.78, 5) is 0.150. The van der Waals surface area contributed by atoms with Crippen molar-refractivity contribution in [3.05, 3.63) is 53.8 Å². The van der Waals surface area contributed by atoms with Crippen LogP contribution in [0.15, 0.2) is 47.4 Å². The second-order valence-electron chi connectivity index (χ2n) is 5.93. The van der Waals surface area contributed by atoms with E-state index in [-0.39, 0.29) is 22.7 Å². The number of rotatable bonds is 4. The van der Waals surface area contributed by atoms with Crippen molar-refractivity contribution in [2.45, 2.75) is 23.3 Å². The maximum Gasteiger partial charge on any atom is 0.240 e. The first-order valence-corrected chi connectivity index (χ1v) is 9.19. The van der Waals surface area contributed by atoms with E-state index in [1.165, 1.54) is 24.3 Å². The number of sulfonamides is 1. The summed E-state index contributed by atoms with van der Waals surface area (Å²) >= 11 is 0. The summed E-state index contributed by atoms with van der Waals surface area (Å²) in [6.07, 6.45) is 0.704. The minimum Gasteiger partial charge on any atom is -0.486 e. The Hall–Kier alpha value is -2.12. The molecule has 2 aliphatic rings. The quantitative estimate of drug-likeness (QED) is 0.921. The highest BCUT2D eigenvalue weighted by atomic mass is 32.2. The molecule has 1 saturated carbocycles. The molecule has 0 unspecified atom stereocenters. The Morgan fingerprint density at radius 2 is 1.71 bits per heavy atom. The predicted molar refractivity (Wildman–Crippen MR) is 85.3 cm³/mol. The van der Waals surface area contributed by atoms with E-state index >= 15 is 0 Å². The van der Waals surface area contributed by atoms with Gasteiger partial charge in [0.1, 0.15) is 19.0 Å². The lowest BCUT2D eigenvalue weighted by Gasteiger charge is -2.19. The average molecular weight is 349 g/mol. The SMILES string of the molecule is O=S(=O)(N[C@H]1C[C@H]1c1ccc(F)cc1)c1ccc2c(c1)OCCO2.